The minimum Gasteiger partial charge on any atom is -0.352 e. The number of rotatable bonds is 6. The summed E-state index contributed by atoms with van der Waals surface area (Å²) in [4.78, 5) is 14.8. The van der Waals surface area contributed by atoms with E-state index in [9.17, 15) is 4.79 Å². The Labute approximate surface area is 126 Å². The van der Waals surface area contributed by atoms with Gasteiger partial charge in [-0.3, -0.25) is 10.6 Å². The number of nitrogens with two attached hydrogens (primary N) is 1. The first-order valence-electron chi connectivity index (χ1n) is 7.68. The summed E-state index contributed by atoms with van der Waals surface area (Å²) in [5.74, 6) is 5.85. The standard InChI is InChI=1S/C16H26N4O/c1-12-5-6-15(19-17)14(9-12)16(21)18-10-13(2)11-20-7-3-4-8-20/h5-6,9,13,19H,3-4,7-8,10-11,17H2,1-2H3,(H,18,21). The normalized spacial score (nSPS) is 16.7. The minimum absolute atomic E-state index is 0.0695. The predicted octanol–water partition coefficient (Wildman–Crippen LogP) is 1.74. The van der Waals surface area contributed by atoms with E-state index in [0.717, 1.165) is 12.1 Å². The Morgan fingerprint density at radius 1 is 1.38 bits per heavy atom. The smallest absolute Gasteiger partial charge is 0.253 e. The van der Waals surface area contributed by atoms with Crippen molar-refractivity contribution in [3.8, 4) is 0 Å². The van der Waals surface area contributed by atoms with Gasteiger partial charge >= 0.3 is 0 Å². The van der Waals surface area contributed by atoms with Crippen molar-refractivity contribution < 1.29 is 4.79 Å². The van der Waals surface area contributed by atoms with Crippen LogP contribution in [0, 0.1) is 12.8 Å². The number of nitrogens with zero attached hydrogens (tertiary/aromatic N) is 1. The first kappa shape index (κ1) is 15.8. The van der Waals surface area contributed by atoms with Gasteiger partial charge in [-0.25, -0.2) is 0 Å². The summed E-state index contributed by atoms with van der Waals surface area (Å²) in [6.07, 6.45) is 2.60. The van der Waals surface area contributed by atoms with Gasteiger partial charge in [0.2, 0.25) is 0 Å². The molecule has 1 aromatic rings. The van der Waals surface area contributed by atoms with Gasteiger partial charge in [0, 0.05) is 13.1 Å². The summed E-state index contributed by atoms with van der Waals surface area (Å²) >= 11 is 0. The lowest BCUT2D eigenvalue weighted by Gasteiger charge is -2.20. The summed E-state index contributed by atoms with van der Waals surface area (Å²) in [5, 5.41) is 3.01. The van der Waals surface area contributed by atoms with Crippen LogP contribution in [0.5, 0.6) is 0 Å². The van der Waals surface area contributed by atoms with Crippen LogP contribution in [0.25, 0.3) is 0 Å². The fraction of sp³-hybridized carbons (Fsp3) is 0.562. The molecule has 1 atom stereocenters. The highest BCUT2D eigenvalue weighted by atomic mass is 16.1. The molecule has 1 aliphatic rings. The number of benzene rings is 1. The summed E-state index contributed by atoms with van der Waals surface area (Å²) in [6.45, 7) is 8.27. The number of carbonyl (C=O) groups is 1. The highest BCUT2D eigenvalue weighted by Crippen LogP contribution is 2.16. The molecule has 1 aromatic carbocycles. The highest BCUT2D eigenvalue weighted by Gasteiger charge is 2.16. The molecule has 1 saturated heterocycles. The predicted molar refractivity (Wildman–Crippen MR) is 86.2 cm³/mol. The molecular formula is C16H26N4O. The molecule has 2 rings (SSSR count). The molecule has 21 heavy (non-hydrogen) atoms. The number of likely N-dealkylation sites (tertiary alicyclic amines) is 1. The van der Waals surface area contributed by atoms with E-state index in [-0.39, 0.29) is 5.91 Å². The molecule has 116 valence electrons. The van der Waals surface area contributed by atoms with Gasteiger partial charge in [0.05, 0.1) is 11.3 Å². The molecule has 1 unspecified atom stereocenters. The van der Waals surface area contributed by atoms with Crippen molar-refractivity contribution in [3.05, 3.63) is 29.3 Å². The molecule has 0 aliphatic carbocycles. The average molecular weight is 290 g/mol. The summed E-state index contributed by atoms with van der Waals surface area (Å²) in [5.41, 5.74) is 4.89. The molecule has 0 saturated carbocycles. The number of amides is 1. The Morgan fingerprint density at radius 2 is 2.10 bits per heavy atom. The Balaban J connectivity index is 1.87. The number of nitrogens with one attached hydrogen (secondary N) is 2. The van der Waals surface area contributed by atoms with Crippen molar-refractivity contribution in [3.63, 3.8) is 0 Å². The SMILES string of the molecule is Cc1ccc(NN)c(C(=O)NCC(C)CN2CCCC2)c1. The molecule has 0 aromatic heterocycles. The van der Waals surface area contributed by atoms with Gasteiger partial charge in [0.25, 0.3) is 5.91 Å². The maximum atomic E-state index is 12.3. The molecule has 0 radical (unpaired) electrons. The zero-order chi connectivity index (χ0) is 15.2. The largest absolute Gasteiger partial charge is 0.352 e. The van der Waals surface area contributed by atoms with Crippen LogP contribution >= 0.6 is 0 Å². The van der Waals surface area contributed by atoms with Crippen LogP contribution < -0.4 is 16.6 Å². The molecule has 0 spiro atoms. The van der Waals surface area contributed by atoms with Crippen LogP contribution in [0.2, 0.25) is 0 Å². The van der Waals surface area contributed by atoms with Gasteiger partial charge in [-0.1, -0.05) is 18.6 Å². The first-order valence-corrected chi connectivity index (χ1v) is 7.68. The second-order valence-electron chi connectivity index (χ2n) is 6.02. The molecule has 5 heteroatoms. The van der Waals surface area contributed by atoms with Gasteiger partial charge in [-0.2, -0.15) is 0 Å². The third kappa shape index (κ3) is 4.44. The monoisotopic (exact) mass is 290 g/mol. The van der Waals surface area contributed by atoms with E-state index in [1.54, 1.807) is 0 Å². The Hall–Kier alpha value is -1.59. The van der Waals surface area contributed by atoms with Crippen molar-refractivity contribution >= 4 is 11.6 Å². The second kappa shape index (κ2) is 7.43. The number of hydrogen-bond donors (Lipinski definition) is 3. The number of nitrogen functional groups attached to an aromatic ring is 1. The summed E-state index contributed by atoms with van der Waals surface area (Å²) in [7, 11) is 0. The minimum atomic E-state index is -0.0695. The Kier molecular flexibility index (Phi) is 5.59. The van der Waals surface area contributed by atoms with E-state index < -0.39 is 0 Å². The molecule has 1 fully saturated rings. The molecular weight excluding hydrogens is 264 g/mol. The van der Waals surface area contributed by atoms with Crippen LogP contribution in [0.15, 0.2) is 18.2 Å². The van der Waals surface area contributed by atoms with Crippen LogP contribution in [-0.4, -0.2) is 37.0 Å². The zero-order valence-corrected chi connectivity index (χ0v) is 13.0. The lowest BCUT2D eigenvalue weighted by molar-refractivity contribution is 0.0946. The molecule has 1 heterocycles. The van der Waals surface area contributed by atoms with Crippen LogP contribution in [0.4, 0.5) is 5.69 Å². The molecule has 1 aliphatic heterocycles. The summed E-state index contributed by atoms with van der Waals surface area (Å²) < 4.78 is 0. The fourth-order valence-electron chi connectivity index (χ4n) is 2.80. The highest BCUT2D eigenvalue weighted by molar-refractivity contribution is 5.99. The number of carbonyl (C=O) groups excluding carboxylic acids is 1. The first-order chi connectivity index (χ1) is 10.1. The fourth-order valence-corrected chi connectivity index (χ4v) is 2.80. The van der Waals surface area contributed by atoms with Gasteiger partial charge in [-0.05, 0) is 50.9 Å². The Morgan fingerprint density at radius 3 is 2.76 bits per heavy atom. The van der Waals surface area contributed by atoms with Crippen LogP contribution in [-0.2, 0) is 0 Å². The van der Waals surface area contributed by atoms with Crippen molar-refractivity contribution in [2.75, 3.05) is 31.6 Å². The van der Waals surface area contributed by atoms with Gasteiger partial charge in [-0.15, -0.1) is 0 Å². The lowest BCUT2D eigenvalue weighted by atomic mass is 10.1. The molecule has 0 bridgehead atoms. The van der Waals surface area contributed by atoms with Crippen molar-refractivity contribution in [1.82, 2.24) is 10.2 Å². The van der Waals surface area contributed by atoms with E-state index in [1.165, 1.54) is 25.9 Å². The van der Waals surface area contributed by atoms with E-state index in [1.807, 2.05) is 25.1 Å². The number of aryl methyl sites for hydroxylation is 1. The van der Waals surface area contributed by atoms with E-state index in [2.05, 4.69) is 22.6 Å². The maximum absolute atomic E-state index is 12.3. The quantitative estimate of drug-likeness (QED) is 0.551. The number of hydrogen-bond acceptors (Lipinski definition) is 4. The van der Waals surface area contributed by atoms with Crippen molar-refractivity contribution in [2.45, 2.75) is 26.7 Å². The molecule has 1 amide bonds. The third-order valence-electron chi connectivity index (χ3n) is 3.95. The van der Waals surface area contributed by atoms with Crippen molar-refractivity contribution in [2.24, 2.45) is 11.8 Å². The van der Waals surface area contributed by atoms with E-state index in [0.29, 0.717) is 23.7 Å². The van der Waals surface area contributed by atoms with Crippen molar-refractivity contribution in [1.29, 1.82) is 0 Å². The van der Waals surface area contributed by atoms with E-state index >= 15 is 0 Å². The Bertz CT molecular complexity index is 483. The van der Waals surface area contributed by atoms with Gasteiger partial charge in [0.1, 0.15) is 0 Å². The summed E-state index contributed by atoms with van der Waals surface area (Å²) in [6, 6.07) is 5.62. The molecule has 5 nitrogen and oxygen atoms in total. The van der Waals surface area contributed by atoms with Crippen LogP contribution in [0.1, 0.15) is 35.7 Å². The van der Waals surface area contributed by atoms with Crippen LogP contribution in [0.3, 0.4) is 0 Å². The van der Waals surface area contributed by atoms with Gasteiger partial charge in [0.15, 0.2) is 0 Å². The average Bonchev–Trinajstić information content (AvgIpc) is 2.97. The topological polar surface area (TPSA) is 70.4 Å². The van der Waals surface area contributed by atoms with E-state index in [4.69, 9.17) is 5.84 Å². The second-order valence-corrected chi connectivity index (χ2v) is 6.02. The number of hydrazine groups is 1. The van der Waals surface area contributed by atoms with Gasteiger partial charge < -0.3 is 15.6 Å². The number of anilines is 1. The third-order valence-corrected chi connectivity index (χ3v) is 3.95. The zero-order valence-electron chi connectivity index (χ0n) is 13.0. The maximum Gasteiger partial charge on any atom is 0.253 e. The lowest BCUT2D eigenvalue weighted by Crippen LogP contribution is -2.34. The molecule has 4 N–H and O–H groups in total.